The summed E-state index contributed by atoms with van der Waals surface area (Å²) in [7, 11) is 0. The second-order valence-corrected chi connectivity index (χ2v) is 6.07. The first-order valence-corrected chi connectivity index (χ1v) is 7.92. The van der Waals surface area contributed by atoms with Gasteiger partial charge >= 0.3 is 0 Å². The van der Waals surface area contributed by atoms with Crippen LogP contribution >= 0.6 is 0 Å². The fourth-order valence-electron chi connectivity index (χ4n) is 3.11. The summed E-state index contributed by atoms with van der Waals surface area (Å²) < 4.78 is 7.89. The number of rotatable bonds is 4. The Kier molecular flexibility index (Phi) is 3.49. The van der Waals surface area contributed by atoms with E-state index in [0.29, 0.717) is 6.04 Å². The van der Waals surface area contributed by atoms with E-state index in [0.717, 1.165) is 60.4 Å². The molecular weight excluding hydrogens is 292 g/mol. The van der Waals surface area contributed by atoms with Gasteiger partial charge in [0.25, 0.3) is 0 Å². The molecule has 3 aromatic heterocycles. The first kappa shape index (κ1) is 14.2. The molecule has 0 aromatic carbocycles. The largest absolute Gasteiger partial charge is 0.460 e. The average Bonchev–Trinajstić information content (AvgIpc) is 3.26. The Hall–Kier alpha value is -2.41. The lowest BCUT2D eigenvalue weighted by atomic mass is 10.1. The number of furan rings is 1. The lowest BCUT2D eigenvalue weighted by Crippen LogP contribution is -2.37. The molecule has 0 amide bonds. The minimum Gasteiger partial charge on any atom is -0.460 e. The highest BCUT2D eigenvalue weighted by Crippen LogP contribution is 2.23. The number of aromatic amines is 1. The molecule has 1 unspecified atom stereocenters. The Bertz CT molecular complexity index is 814. The number of H-pyrrole nitrogens is 1. The molecule has 0 aliphatic carbocycles. The van der Waals surface area contributed by atoms with Crippen molar-refractivity contribution in [2.45, 2.75) is 45.8 Å². The molecule has 0 saturated carbocycles. The van der Waals surface area contributed by atoms with Crippen molar-refractivity contribution < 1.29 is 4.42 Å². The lowest BCUT2D eigenvalue weighted by Gasteiger charge is -2.25. The van der Waals surface area contributed by atoms with Gasteiger partial charge in [0.15, 0.2) is 5.76 Å². The maximum absolute atomic E-state index is 5.69. The molecule has 23 heavy (non-hydrogen) atoms. The summed E-state index contributed by atoms with van der Waals surface area (Å²) in [6.07, 6.45) is 3.90. The summed E-state index contributed by atoms with van der Waals surface area (Å²) >= 11 is 0. The molecule has 0 spiro atoms. The van der Waals surface area contributed by atoms with Crippen molar-refractivity contribution >= 4 is 0 Å². The quantitative estimate of drug-likeness (QED) is 0.769. The van der Waals surface area contributed by atoms with Crippen molar-refractivity contribution in [2.24, 2.45) is 0 Å². The van der Waals surface area contributed by atoms with E-state index in [1.54, 1.807) is 0 Å². The van der Waals surface area contributed by atoms with Gasteiger partial charge in [-0.05, 0) is 32.4 Å². The fourth-order valence-corrected chi connectivity index (χ4v) is 3.11. The summed E-state index contributed by atoms with van der Waals surface area (Å²) in [5.41, 5.74) is 2.06. The lowest BCUT2D eigenvalue weighted by molar-refractivity contribution is 0.375. The van der Waals surface area contributed by atoms with E-state index in [2.05, 4.69) is 30.3 Å². The first-order chi connectivity index (χ1) is 11.2. The Labute approximate surface area is 134 Å². The van der Waals surface area contributed by atoms with Crippen molar-refractivity contribution in [1.82, 2.24) is 30.3 Å². The zero-order chi connectivity index (χ0) is 15.8. The Morgan fingerprint density at radius 3 is 3.09 bits per heavy atom. The van der Waals surface area contributed by atoms with Crippen LogP contribution < -0.4 is 5.32 Å². The molecule has 0 radical (unpaired) electrons. The molecule has 4 rings (SSSR count). The number of nitrogens with one attached hydrogen (secondary N) is 2. The van der Waals surface area contributed by atoms with Crippen LogP contribution in [0.4, 0.5) is 0 Å². The Morgan fingerprint density at radius 2 is 2.26 bits per heavy atom. The van der Waals surface area contributed by atoms with E-state index < -0.39 is 0 Å². The van der Waals surface area contributed by atoms with E-state index >= 15 is 0 Å². The van der Waals surface area contributed by atoms with Crippen molar-refractivity contribution in [2.75, 3.05) is 0 Å². The number of hydrogen-bond donors (Lipinski definition) is 2. The van der Waals surface area contributed by atoms with Crippen LogP contribution in [0, 0.1) is 13.8 Å². The van der Waals surface area contributed by atoms with Crippen molar-refractivity contribution in [3.05, 3.63) is 41.3 Å². The van der Waals surface area contributed by atoms with Gasteiger partial charge in [-0.25, -0.2) is 0 Å². The predicted octanol–water partition coefficient (Wildman–Crippen LogP) is 1.98. The molecule has 2 N–H and O–H groups in total. The second kappa shape index (κ2) is 5.66. The van der Waals surface area contributed by atoms with Crippen LogP contribution in [0.1, 0.15) is 29.4 Å². The maximum atomic E-state index is 5.69. The van der Waals surface area contributed by atoms with Crippen molar-refractivity contribution in [3.8, 4) is 11.5 Å². The van der Waals surface area contributed by atoms with E-state index in [1.807, 2.05) is 32.2 Å². The molecule has 1 aliphatic heterocycles. The normalized spacial score (nSPS) is 17.4. The number of fused-ring (bicyclic) bond motifs is 1. The van der Waals surface area contributed by atoms with Crippen molar-refractivity contribution in [3.63, 3.8) is 0 Å². The monoisotopic (exact) mass is 312 g/mol. The third-order valence-electron chi connectivity index (χ3n) is 4.42. The van der Waals surface area contributed by atoms with Gasteiger partial charge < -0.3 is 14.3 Å². The van der Waals surface area contributed by atoms with E-state index in [1.165, 1.54) is 0 Å². The number of aryl methyl sites for hydroxylation is 3. The summed E-state index contributed by atoms with van der Waals surface area (Å²) in [5.74, 6) is 3.81. The van der Waals surface area contributed by atoms with E-state index in [4.69, 9.17) is 4.42 Å². The zero-order valence-electron chi connectivity index (χ0n) is 13.3. The number of hydrogen-bond acceptors (Lipinski definition) is 5. The standard InChI is InChI=1S/C16H20N6O/c1-10-3-5-14(23-10)16-12(8-18-21-16)7-17-13-4-6-15-20-19-11(2)22(15)9-13/h3,5,8,13,17H,4,6-7,9H2,1-2H3,(H,18,21). The zero-order valence-corrected chi connectivity index (χ0v) is 13.3. The van der Waals surface area contributed by atoms with Gasteiger partial charge in [0.1, 0.15) is 23.1 Å². The van der Waals surface area contributed by atoms with Crippen LogP contribution in [0.25, 0.3) is 11.5 Å². The van der Waals surface area contributed by atoms with Crippen LogP contribution in [0.5, 0.6) is 0 Å². The van der Waals surface area contributed by atoms with Gasteiger partial charge in [0, 0.05) is 31.1 Å². The topological polar surface area (TPSA) is 84.6 Å². The molecule has 7 nitrogen and oxygen atoms in total. The smallest absolute Gasteiger partial charge is 0.152 e. The van der Waals surface area contributed by atoms with E-state index in [9.17, 15) is 0 Å². The molecule has 0 bridgehead atoms. The Morgan fingerprint density at radius 1 is 1.35 bits per heavy atom. The molecule has 1 aliphatic rings. The van der Waals surface area contributed by atoms with Gasteiger partial charge in [-0.2, -0.15) is 5.10 Å². The van der Waals surface area contributed by atoms with Gasteiger partial charge in [-0.1, -0.05) is 0 Å². The molecule has 0 saturated heterocycles. The molecular formula is C16H20N6O. The first-order valence-electron chi connectivity index (χ1n) is 7.92. The van der Waals surface area contributed by atoms with Crippen LogP contribution in [0.2, 0.25) is 0 Å². The minimum atomic E-state index is 0.415. The summed E-state index contributed by atoms with van der Waals surface area (Å²) in [4.78, 5) is 0. The fraction of sp³-hybridized carbons (Fsp3) is 0.438. The van der Waals surface area contributed by atoms with Crippen LogP contribution in [0.15, 0.2) is 22.7 Å². The van der Waals surface area contributed by atoms with E-state index in [-0.39, 0.29) is 0 Å². The molecule has 3 aromatic rings. The molecule has 1 atom stereocenters. The number of aromatic nitrogens is 5. The van der Waals surface area contributed by atoms with Crippen LogP contribution in [-0.2, 0) is 19.5 Å². The van der Waals surface area contributed by atoms with Gasteiger partial charge in [-0.3, -0.25) is 5.10 Å². The highest BCUT2D eigenvalue weighted by Gasteiger charge is 2.21. The Balaban J connectivity index is 1.45. The molecule has 0 fully saturated rings. The predicted molar refractivity (Wildman–Crippen MR) is 84.7 cm³/mol. The minimum absolute atomic E-state index is 0.415. The highest BCUT2D eigenvalue weighted by atomic mass is 16.3. The molecule has 4 heterocycles. The van der Waals surface area contributed by atoms with Crippen molar-refractivity contribution in [1.29, 1.82) is 0 Å². The molecule has 7 heteroatoms. The van der Waals surface area contributed by atoms with Gasteiger partial charge in [0.2, 0.25) is 0 Å². The average molecular weight is 312 g/mol. The van der Waals surface area contributed by atoms with Gasteiger partial charge in [-0.15, -0.1) is 10.2 Å². The third kappa shape index (κ3) is 2.68. The summed E-state index contributed by atoms with van der Waals surface area (Å²) in [5, 5.41) is 19.2. The maximum Gasteiger partial charge on any atom is 0.152 e. The number of nitrogens with zero attached hydrogens (tertiary/aromatic N) is 4. The summed E-state index contributed by atoms with van der Waals surface area (Å²) in [6.45, 7) is 5.62. The third-order valence-corrected chi connectivity index (χ3v) is 4.42. The summed E-state index contributed by atoms with van der Waals surface area (Å²) in [6, 6.07) is 4.35. The van der Waals surface area contributed by atoms with Crippen LogP contribution in [0.3, 0.4) is 0 Å². The highest BCUT2D eigenvalue weighted by molar-refractivity contribution is 5.56. The van der Waals surface area contributed by atoms with Crippen LogP contribution in [-0.4, -0.2) is 31.0 Å². The molecule has 120 valence electrons. The second-order valence-electron chi connectivity index (χ2n) is 6.07. The SMILES string of the molecule is Cc1ccc(-c2[nH]ncc2CNC2CCc3nnc(C)n3C2)o1. The van der Waals surface area contributed by atoms with Gasteiger partial charge in [0.05, 0.1) is 6.20 Å².